The van der Waals surface area contributed by atoms with Crippen LogP contribution in [0.25, 0.3) is 0 Å². The molecule has 0 spiro atoms. The standard InChI is InChI=1S/C14H29N3O/c1-5-11(4)13(15)14(18)17-9-8-12(10-17)16(6-2)7-3/h11-13H,5-10,15H2,1-4H3. The molecule has 0 radical (unpaired) electrons. The Labute approximate surface area is 111 Å². The maximum Gasteiger partial charge on any atom is 0.239 e. The second-order valence-electron chi connectivity index (χ2n) is 5.36. The minimum Gasteiger partial charge on any atom is -0.340 e. The fraction of sp³-hybridized carbons (Fsp3) is 0.929. The molecule has 0 aromatic carbocycles. The monoisotopic (exact) mass is 255 g/mol. The van der Waals surface area contributed by atoms with Crippen LogP contribution in [0.1, 0.15) is 40.5 Å². The summed E-state index contributed by atoms with van der Waals surface area (Å²) >= 11 is 0. The zero-order chi connectivity index (χ0) is 13.7. The summed E-state index contributed by atoms with van der Waals surface area (Å²) in [7, 11) is 0. The van der Waals surface area contributed by atoms with Gasteiger partial charge in [0.25, 0.3) is 0 Å². The molecule has 3 unspecified atom stereocenters. The van der Waals surface area contributed by atoms with Crippen molar-refractivity contribution in [2.75, 3.05) is 26.2 Å². The number of rotatable bonds is 6. The first-order valence-electron chi connectivity index (χ1n) is 7.33. The van der Waals surface area contributed by atoms with Crippen molar-refractivity contribution in [2.24, 2.45) is 11.7 Å². The fourth-order valence-corrected chi connectivity index (χ4v) is 2.69. The average molecular weight is 255 g/mol. The molecular weight excluding hydrogens is 226 g/mol. The Morgan fingerprint density at radius 2 is 2.00 bits per heavy atom. The summed E-state index contributed by atoms with van der Waals surface area (Å²) in [4.78, 5) is 16.7. The Balaban J connectivity index is 2.53. The van der Waals surface area contributed by atoms with Crippen molar-refractivity contribution in [3.8, 4) is 0 Å². The Bertz CT molecular complexity index is 266. The summed E-state index contributed by atoms with van der Waals surface area (Å²) < 4.78 is 0. The molecule has 0 saturated carbocycles. The number of carbonyl (C=O) groups is 1. The van der Waals surface area contributed by atoms with Gasteiger partial charge < -0.3 is 10.6 Å². The molecule has 0 bridgehead atoms. The van der Waals surface area contributed by atoms with Gasteiger partial charge in [-0.1, -0.05) is 34.1 Å². The molecule has 0 aromatic heterocycles. The van der Waals surface area contributed by atoms with E-state index in [1.807, 2.05) is 4.90 Å². The van der Waals surface area contributed by atoms with Gasteiger partial charge in [0.1, 0.15) is 0 Å². The normalized spacial score (nSPS) is 23.4. The highest BCUT2D eigenvalue weighted by Crippen LogP contribution is 2.18. The predicted octanol–water partition coefficient (Wildman–Crippen LogP) is 1.30. The van der Waals surface area contributed by atoms with Crippen molar-refractivity contribution in [1.82, 2.24) is 9.80 Å². The van der Waals surface area contributed by atoms with E-state index in [2.05, 4.69) is 32.6 Å². The molecule has 0 aromatic rings. The molecule has 1 amide bonds. The van der Waals surface area contributed by atoms with Gasteiger partial charge in [0.2, 0.25) is 5.91 Å². The van der Waals surface area contributed by atoms with E-state index >= 15 is 0 Å². The number of carbonyl (C=O) groups excluding carboxylic acids is 1. The van der Waals surface area contributed by atoms with Crippen LogP contribution in [-0.2, 0) is 4.79 Å². The summed E-state index contributed by atoms with van der Waals surface area (Å²) in [5.74, 6) is 0.406. The Hall–Kier alpha value is -0.610. The Kier molecular flexibility index (Phi) is 6.09. The molecule has 4 nitrogen and oxygen atoms in total. The Morgan fingerprint density at radius 3 is 2.50 bits per heavy atom. The third kappa shape index (κ3) is 3.45. The summed E-state index contributed by atoms with van der Waals surface area (Å²) in [6, 6.07) is 0.193. The van der Waals surface area contributed by atoms with Crippen LogP contribution in [0, 0.1) is 5.92 Å². The van der Waals surface area contributed by atoms with E-state index < -0.39 is 0 Å². The lowest BCUT2D eigenvalue weighted by atomic mass is 9.99. The minimum atomic E-state index is -0.328. The number of likely N-dealkylation sites (tertiary alicyclic amines) is 1. The average Bonchev–Trinajstić information content (AvgIpc) is 2.87. The molecule has 106 valence electrons. The van der Waals surface area contributed by atoms with Crippen LogP contribution in [0.2, 0.25) is 0 Å². The van der Waals surface area contributed by atoms with Gasteiger partial charge in [-0.2, -0.15) is 0 Å². The summed E-state index contributed by atoms with van der Waals surface area (Å²) in [5, 5.41) is 0. The van der Waals surface area contributed by atoms with Gasteiger partial charge in [-0.05, 0) is 25.4 Å². The summed E-state index contributed by atoms with van der Waals surface area (Å²) in [6.07, 6.45) is 2.04. The first-order valence-corrected chi connectivity index (χ1v) is 7.33. The van der Waals surface area contributed by atoms with Crippen molar-refractivity contribution in [1.29, 1.82) is 0 Å². The first kappa shape index (κ1) is 15.4. The molecule has 4 heteroatoms. The van der Waals surface area contributed by atoms with Gasteiger partial charge in [-0.15, -0.1) is 0 Å². The van der Waals surface area contributed by atoms with Crippen molar-refractivity contribution in [3.63, 3.8) is 0 Å². The molecule has 2 N–H and O–H groups in total. The quantitative estimate of drug-likeness (QED) is 0.778. The van der Waals surface area contributed by atoms with Crippen LogP contribution in [0.15, 0.2) is 0 Å². The van der Waals surface area contributed by atoms with Crippen LogP contribution < -0.4 is 5.73 Å². The molecule has 1 fully saturated rings. The third-order valence-corrected chi connectivity index (χ3v) is 4.35. The Morgan fingerprint density at radius 1 is 1.39 bits per heavy atom. The maximum absolute atomic E-state index is 12.3. The maximum atomic E-state index is 12.3. The third-order valence-electron chi connectivity index (χ3n) is 4.35. The van der Waals surface area contributed by atoms with E-state index in [-0.39, 0.29) is 17.9 Å². The molecule has 1 aliphatic rings. The van der Waals surface area contributed by atoms with Crippen molar-refractivity contribution in [2.45, 2.75) is 52.6 Å². The highest BCUT2D eigenvalue weighted by Gasteiger charge is 2.32. The van der Waals surface area contributed by atoms with E-state index in [0.717, 1.165) is 39.0 Å². The summed E-state index contributed by atoms with van der Waals surface area (Å²) in [5.41, 5.74) is 6.03. The van der Waals surface area contributed by atoms with Crippen molar-refractivity contribution in [3.05, 3.63) is 0 Å². The van der Waals surface area contributed by atoms with Crippen molar-refractivity contribution >= 4 is 5.91 Å². The van der Waals surface area contributed by atoms with E-state index in [0.29, 0.717) is 6.04 Å². The number of amides is 1. The molecule has 1 heterocycles. The highest BCUT2D eigenvalue weighted by molar-refractivity contribution is 5.82. The van der Waals surface area contributed by atoms with Gasteiger partial charge in [-0.3, -0.25) is 9.69 Å². The first-order chi connectivity index (χ1) is 8.54. The zero-order valence-corrected chi connectivity index (χ0v) is 12.4. The second kappa shape index (κ2) is 7.10. The topological polar surface area (TPSA) is 49.6 Å². The highest BCUT2D eigenvalue weighted by atomic mass is 16.2. The predicted molar refractivity (Wildman–Crippen MR) is 75.3 cm³/mol. The van der Waals surface area contributed by atoms with Gasteiger partial charge in [0.15, 0.2) is 0 Å². The van der Waals surface area contributed by atoms with E-state index in [9.17, 15) is 4.79 Å². The largest absolute Gasteiger partial charge is 0.340 e. The van der Waals surface area contributed by atoms with Gasteiger partial charge in [0.05, 0.1) is 6.04 Å². The molecule has 18 heavy (non-hydrogen) atoms. The lowest BCUT2D eigenvalue weighted by Crippen LogP contribution is -2.47. The van der Waals surface area contributed by atoms with E-state index in [4.69, 9.17) is 5.73 Å². The van der Waals surface area contributed by atoms with Crippen LogP contribution >= 0.6 is 0 Å². The van der Waals surface area contributed by atoms with Crippen LogP contribution in [0.5, 0.6) is 0 Å². The van der Waals surface area contributed by atoms with Gasteiger partial charge >= 0.3 is 0 Å². The lowest BCUT2D eigenvalue weighted by molar-refractivity contribution is -0.132. The van der Waals surface area contributed by atoms with E-state index in [1.54, 1.807) is 0 Å². The van der Waals surface area contributed by atoms with Crippen LogP contribution in [-0.4, -0.2) is 54.0 Å². The van der Waals surface area contributed by atoms with Gasteiger partial charge in [0, 0.05) is 19.1 Å². The van der Waals surface area contributed by atoms with Crippen LogP contribution in [0.3, 0.4) is 0 Å². The molecule has 1 rings (SSSR count). The smallest absolute Gasteiger partial charge is 0.239 e. The molecular formula is C14H29N3O. The zero-order valence-electron chi connectivity index (χ0n) is 12.4. The molecule has 0 aliphatic carbocycles. The number of nitrogens with zero attached hydrogens (tertiary/aromatic N) is 2. The number of nitrogens with two attached hydrogens (primary N) is 1. The fourth-order valence-electron chi connectivity index (χ4n) is 2.69. The van der Waals surface area contributed by atoms with Crippen molar-refractivity contribution < 1.29 is 4.79 Å². The van der Waals surface area contributed by atoms with Crippen LogP contribution in [0.4, 0.5) is 0 Å². The number of hydrogen-bond donors (Lipinski definition) is 1. The second-order valence-corrected chi connectivity index (χ2v) is 5.36. The number of hydrogen-bond acceptors (Lipinski definition) is 3. The molecule has 1 aliphatic heterocycles. The SMILES string of the molecule is CCC(C)C(N)C(=O)N1CCC(N(CC)CC)C1. The molecule has 1 saturated heterocycles. The molecule has 3 atom stereocenters. The van der Waals surface area contributed by atoms with Gasteiger partial charge in [-0.25, -0.2) is 0 Å². The van der Waals surface area contributed by atoms with E-state index in [1.165, 1.54) is 0 Å². The summed E-state index contributed by atoms with van der Waals surface area (Å²) in [6.45, 7) is 12.3. The lowest BCUT2D eigenvalue weighted by Gasteiger charge is -2.27. The minimum absolute atomic E-state index is 0.138. The number of likely N-dealkylation sites (N-methyl/N-ethyl adjacent to an activating group) is 1.